The summed E-state index contributed by atoms with van der Waals surface area (Å²) >= 11 is 0.188. The van der Waals surface area contributed by atoms with Crippen molar-refractivity contribution in [3.05, 3.63) is 0 Å². The zero-order chi connectivity index (χ0) is 2.00. The van der Waals surface area contributed by atoms with E-state index in [1.165, 1.54) is 0 Å². The summed E-state index contributed by atoms with van der Waals surface area (Å²) in [6.07, 6.45) is 0. The van der Waals surface area contributed by atoms with Crippen LogP contribution in [0.25, 0.3) is 0 Å². The maximum absolute atomic E-state index is 9.56. The van der Waals surface area contributed by atoms with E-state index in [4.69, 9.17) is 0 Å². The quantitative estimate of drug-likeness (QED) is 0.403. The van der Waals surface area contributed by atoms with E-state index in [2.05, 4.69) is 0 Å². The van der Waals surface area contributed by atoms with Gasteiger partial charge in [0.15, 0.2) is 0 Å². The van der Waals surface area contributed by atoms with E-state index in [0.29, 0.717) is 0 Å². The van der Waals surface area contributed by atoms with Crippen LogP contribution in [0.15, 0.2) is 0 Å². The van der Waals surface area contributed by atoms with Crippen molar-refractivity contribution < 1.29 is 3.29 Å². The Balaban J connectivity index is -0.00000000500. The summed E-state index contributed by atoms with van der Waals surface area (Å²) in [5, 5.41) is 0. The molecule has 0 atom stereocenters. The SMILES string of the molecule is [F][Ga].[LiH].[SrH2]. The van der Waals surface area contributed by atoms with Gasteiger partial charge in [0.2, 0.25) is 0 Å². The Morgan fingerprint density at radius 3 is 1.25 bits per heavy atom. The molecule has 0 N–H and O–H groups in total. The fourth-order valence-corrected chi connectivity index (χ4v) is 0. The molecule has 0 aliphatic rings. The van der Waals surface area contributed by atoms with Crippen molar-refractivity contribution in [3.63, 3.8) is 0 Å². The van der Waals surface area contributed by atoms with Crippen molar-refractivity contribution in [3.8, 4) is 0 Å². The first-order valence-electron chi connectivity index (χ1n) is 0.218. The number of hydrogen-bond acceptors (Lipinski definition) is 0. The predicted molar refractivity (Wildman–Crippen MR) is 22.6 cm³/mol. The molecule has 0 unspecified atom stereocenters. The van der Waals surface area contributed by atoms with Crippen molar-refractivity contribution in [2.24, 2.45) is 0 Å². The van der Waals surface area contributed by atoms with E-state index in [0.717, 1.165) is 0 Å². The Morgan fingerprint density at radius 1 is 1.25 bits per heavy atom. The van der Waals surface area contributed by atoms with Gasteiger partial charge < -0.3 is 0 Å². The third kappa shape index (κ3) is 8.82. The molecule has 0 heterocycles. The van der Waals surface area contributed by atoms with Crippen LogP contribution in [0.3, 0.4) is 0 Å². The van der Waals surface area contributed by atoms with Crippen molar-refractivity contribution in [1.29, 1.82) is 0 Å². The molecule has 0 aromatic heterocycles. The fourth-order valence-electron chi connectivity index (χ4n) is 0. The third-order valence-electron chi connectivity index (χ3n) is 0. The normalized spacial score (nSPS) is 1.25. The Morgan fingerprint density at radius 2 is 1.25 bits per heavy atom. The van der Waals surface area contributed by atoms with Crippen LogP contribution in [0, 0.1) is 0 Å². The average molecular weight is 186 g/mol. The summed E-state index contributed by atoms with van der Waals surface area (Å²) in [6.45, 7) is 0. The molecular weight excluding hydrogens is 183 g/mol. The molecule has 0 aliphatic heterocycles. The molecule has 0 fully saturated rings. The van der Waals surface area contributed by atoms with Gasteiger partial charge in [0.05, 0.1) is 0 Å². The van der Waals surface area contributed by atoms with Crippen LogP contribution < -0.4 is 0 Å². The molecule has 0 nitrogen and oxygen atoms in total. The number of rotatable bonds is 0. The molecule has 0 aromatic carbocycles. The second kappa shape index (κ2) is 17.4. The fraction of sp³-hybridized carbons (Fsp3) is 0. The Hall–Kier alpha value is 2.64. The number of halogens is 1. The molecular formula is H3FGaLiSr. The van der Waals surface area contributed by atoms with E-state index in [1.807, 2.05) is 0 Å². The molecule has 0 bridgehead atoms. The summed E-state index contributed by atoms with van der Waals surface area (Å²) < 4.78 is 9.56. The first-order valence-corrected chi connectivity index (χ1v) is 1.13. The zero-order valence-corrected chi connectivity index (χ0v) is 3.38. The van der Waals surface area contributed by atoms with Crippen LogP contribution in [0.4, 0.5) is 3.29 Å². The van der Waals surface area contributed by atoms with Gasteiger partial charge in [-0.1, -0.05) is 0 Å². The van der Waals surface area contributed by atoms with Gasteiger partial charge in [-0.05, 0) is 0 Å². The number of hydrogen-bond donors (Lipinski definition) is 0. The summed E-state index contributed by atoms with van der Waals surface area (Å²) in [6, 6.07) is 0. The topological polar surface area (TPSA) is 0 Å². The van der Waals surface area contributed by atoms with Crippen LogP contribution in [0.1, 0.15) is 0 Å². The van der Waals surface area contributed by atoms with Gasteiger partial charge in [-0.2, -0.15) is 0 Å². The van der Waals surface area contributed by atoms with Crippen molar-refractivity contribution in [2.75, 3.05) is 0 Å². The van der Waals surface area contributed by atoms with E-state index < -0.39 is 0 Å². The molecule has 16 valence electrons. The van der Waals surface area contributed by atoms with Crippen LogP contribution >= 0.6 is 0 Å². The van der Waals surface area contributed by atoms with Crippen molar-refractivity contribution in [1.82, 2.24) is 0 Å². The third-order valence-corrected chi connectivity index (χ3v) is 0. The second-order valence-corrected chi connectivity index (χ2v) is 0. The average Bonchev–Trinajstić information content (AvgIpc) is 1.00. The molecule has 0 aliphatic carbocycles. The van der Waals surface area contributed by atoms with E-state index >= 15 is 0 Å². The first kappa shape index (κ1) is 15.9. The molecule has 4 heteroatoms. The van der Waals surface area contributed by atoms with E-state index in [9.17, 15) is 3.29 Å². The monoisotopic (exact) mass is 186 g/mol. The molecule has 0 amide bonds. The first-order chi connectivity index (χ1) is 1.00. The summed E-state index contributed by atoms with van der Waals surface area (Å²) in [5.74, 6) is 0. The zero-order valence-electron chi connectivity index (χ0n) is 0.955. The Kier molecular flexibility index (Phi) is 69.4. The van der Waals surface area contributed by atoms with Crippen LogP contribution in [0.2, 0.25) is 0 Å². The molecule has 0 aromatic rings. The minimum atomic E-state index is 0. The molecule has 2 radical (unpaired) electrons. The van der Waals surface area contributed by atoms with Crippen LogP contribution in [0.5, 0.6) is 0 Å². The van der Waals surface area contributed by atoms with Crippen LogP contribution in [-0.4, -0.2) is 83.4 Å². The van der Waals surface area contributed by atoms with Gasteiger partial charge in [0.1, 0.15) is 0 Å². The van der Waals surface area contributed by atoms with E-state index in [-0.39, 0.29) is 83.4 Å². The standard InChI is InChI=1S/FH.Ga.Li.Sr.3H/h1H;;;;;;/q;+1;;;;;/p-1. The summed E-state index contributed by atoms with van der Waals surface area (Å²) in [7, 11) is 0. The minimum absolute atomic E-state index is 0. The molecule has 0 rings (SSSR count). The van der Waals surface area contributed by atoms with Gasteiger partial charge in [-0.15, -0.1) is 0 Å². The van der Waals surface area contributed by atoms with E-state index in [1.54, 1.807) is 0 Å². The van der Waals surface area contributed by atoms with Gasteiger partial charge in [-0.25, -0.2) is 0 Å². The predicted octanol–water partition coefficient (Wildman–Crippen LogP) is -1.53. The van der Waals surface area contributed by atoms with Gasteiger partial charge in [0.25, 0.3) is 0 Å². The summed E-state index contributed by atoms with van der Waals surface area (Å²) in [5.41, 5.74) is 0. The maximum atomic E-state index is 9.56. The van der Waals surface area contributed by atoms with Crippen molar-refractivity contribution >= 4 is 83.4 Å². The molecule has 4 heavy (non-hydrogen) atoms. The van der Waals surface area contributed by atoms with Gasteiger partial charge in [0, 0.05) is 0 Å². The summed E-state index contributed by atoms with van der Waals surface area (Å²) in [4.78, 5) is 0. The second-order valence-electron chi connectivity index (χ2n) is 0. The van der Waals surface area contributed by atoms with Crippen LogP contribution in [-0.2, 0) is 0 Å². The van der Waals surface area contributed by atoms with Gasteiger partial charge >= 0.3 is 86.7 Å². The Labute approximate surface area is 84.9 Å². The van der Waals surface area contributed by atoms with Gasteiger partial charge in [-0.3, -0.25) is 0 Å². The molecule has 0 saturated carbocycles. The molecule has 0 saturated heterocycles. The van der Waals surface area contributed by atoms with Crippen molar-refractivity contribution in [2.45, 2.75) is 0 Å². The molecule has 0 spiro atoms. The Bertz CT molecular complexity index is 8.00.